The number of rotatable bonds is 3. The van der Waals surface area contributed by atoms with Crippen molar-refractivity contribution in [1.82, 2.24) is 14.5 Å². The number of aliphatic hydroxyl groups is 1. The first-order chi connectivity index (χ1) is 8.31. The van der Waals surface area contributed by atoms with Crippen molar-refractivity contribution < 1.29 is 15.0 Å². The van der Waals surface area contributed by atoms with Gasteiger partial charge in [-0.25, -0.2) is 9.36 Å². The molecule has 0 spiro atoms. The molecule has 0 saturated carbocycles. The number of nitrogens with zero attached hydrogens (tertiary/aromatic N) is 4. The van der Waals surface area contributed by atoms with Crippen LogP contribution in [0.4, 0.5) is 10.7 Å². The van der Waals surface area contributed by atoms with Crippen molar-refractivity contribution in [3.8, 4) is 6.01 Å². The summed E-state index contributed by atoms with van der Waals surface area (Å²) in [5.74, 6) is -0.977. The van der Waals surface area contributed by atoms with E-state index in [9.17, 15) is 9.90 Å². The minimum absolute atomic E-state index is 0.126. The summed E-state index contributed by atoms with van der Waals surface area (Å²) in [6.45, 7) is 6.53. The summed E-state index contributed by atoms with van der Waals surface area (Å²) in [5, 5.41) is 20.3. The first kappa shape index (κ1) is 13.0. The lowest BCUT2D eigenvalue weighted by Gasteiger charge is -2.11. The van der Waals surface area contributed by atoms with Gasteiger partial charge in [0.05, 0.1) is 0 Å². The minimum Gasteiger partial charge on any atom is -0.494 e. The third kappa shape index (κ3) is 2.98. The zero-order valence-electron chi connectivity index (χ0n) is 9.16. The van der Waals surface area contributed by atoms with Crippen molar-refractivity contribution >= 4 is 17.8 Å². The van der Waals surface area contributed by atoms with Crippen molar-refractivity contribution in [2.45, 2.75) is 0 Å². The van der Waals surface area contributed by atoms with Gasteiger partial charge in [-0.15, -0.1) is 0 Å². The summed E-state index contributed by atoms with van der Waals surface area (Å²) in [7, 11) is 0. The molecule has 0 fully saturated rings. The van der Waals surface area contributed by atoms with Crippen LogP contribution in [0.15, 0.2) is 24.0 Å². The van der Waals surface area contributed by atoms with Crippen LogP contribution in [0.5, 0.6) is 6.01 Å². The molecule has 1 aromatic heterocycles. The summed E-state index contributed by atoms with van der Waals surface area (Å²) in [5.41, 5.74) is 10.1. The van der Waals surface area contributed by atoms with E-state index in [1.807, 2.05) is 0 Å². The number of hydrogen-bond donors (Lipinski definition) is 5. The first-order valence-electron chi connectivity index (χ1n) is 4.45. The van der Waals surface area contributed by atoms with E-state index in [2.05, 4.69) is 33.4 Å². The van der Waals surface area contributed by atoms with Gasteiger partial charge in [0.15, 0.2) is 0 Å². The topological polar surface area (TPSA) is 165 Å². The van der Waals surface area contributed by atoms with Gasteiger partial charge in [0.1, 0.15) is 5.82 Å². The Bertz CT molecular complexity index is 589. The number of aromatic nitrogens is 3. The van der Waals surface area contributed by atoms with Crippen LogP contribution in [-0.4, -0.2) is 30.8 Å². The van der Waals surface area contributed by atoms with Gasteiger partial charge in [-0.2, -0.15) is 15.0 Å². The Morgan fingerprint density at radius 1 is 1.39 bits per heavy atom. The molecule has 2 amide bonds. The predicted molar refractivity (Wildman–Crippen MR) is 61.7 cm³/mol. The molecule has 0 aliphatic rings. The molecule has 0 aliphatic heterocycles. The van der Waals surface area contributed by atoms with E-state index >= 15 is 0 Å². The number of nitrogens with one attached hydrogen (secondary N) is 1. The molecule has 7 N–H and O–H groups in total. The van der Waals surface area contributed by atoms with E-state index < -0.39 is 17.9 Å². The van der Waals surface area contributed by atoms with Crippen LogP contribution in [0.3, 0.4) is 0 Å². The average molecular weight is 253 g/mol. The molecular formula is C8H11N7O3. The van der Waals surface area contributed by atoms with Crippen molar-refractivity contribution in [1.29, 1.82) is 0 Å². The molecule has 0 aliphatic carbocycles. The SMILES string of the molecule is C=C(O)/N=c1/nc(O)nc(NC(N)=O)n1C(=C)N. The molecule has 0 saturated heterocycles. The number of urea groups is 1. The summed E-state index contributed by atoms with van der Waals surface area (Å²) in [6.07, 6.45) is 0. The Morgan fingerprint density at radius 3 is 2.44 bits per heavy atom. The number of aliphatic hydroxyl groups excluding tert-OH is 1. The Kier molecular flexibility index (Phi) is 3.52. The van der Waals surface area contributed by atoms with Crippen LogP contribution in [0.2, 0.25) is 0 Å². The Hall–Kier alpha value is -3.04. The van der Waals surface area contributed by atoms with Crippen molar-refractivity contribution in [2.24, 2.45) is 16.5 Å². The fourth-order valence-electron chi connectivity index (χ4n) is 1.05. The number of carbonyl (C=O) groups is 1. The maximum Gasteiger partial charge on any atom is 0.320 e. The Morgan fingerprint density at radius 2 is 2.00 bits per heavy atom. The number of amides is 2. The lowest BCUT2D eigenvalue weighted by atomic mass is 10.7. The monoisotopic (exact) mass is 253 g/mol. The lowest BCUT2D eigenvalue weighted by Crippen LogP contribution is -2.32. The number of anilines is 1. The molecule has 0 unspecified atom stereocenters. The van der Waals surface area contributed by atoms with E-state index in [1.54, 1.807) is 0 Å². The maximum atomic E-state index is 10.8. The van der Waals surface area contributed by atoms with Gasteiger partial charge in [-0.1, -0.05) is 6.58 Å². The fraction of sp³-hybridized carbons (Fsp3) is 0. The maximum absolute atomic E-state index is 10.8. The summed E-state index contributed by atoms with van der Waals surface area (Å²) in [6, 6.07) is -1.66. The van der Waals surface area contributed by atoms with Gasteiger partial charge >= 0.3 is 12.0 Å². The lowest BCUT2D eigenvalue weighted by molar-refractivity contribution is 0.259. The van der Waals surface area contributed by atoms with E-state index in [1.165, 1.54) is 0 Å². The Labute approximate surface area is 101 Å². The average Bonchev–Trinajstić information content (AvgIpc) is 2.12. The van der Waals surface area contributed by atoms with Crippen molar-refractivity contribution in [3.63, 3.8) is 0 Å². The van der Waals surface area contributed by atoms with Crippen LogP contribution in [-0.2, 0) is 0 Å². The zero-order valence-corrected chi connectivity index (χ0v) is 9.16. The summed E-state index contributed by atoms with van der Waals surface area (Å²) >= 11 is 0. The second-order valence-corrected chi connectivity index (χ2v) is 2.99. The van der Waals surface area contributed by atoms with E-state index in [4.69, 9.17) is 16.6 Å². The second kappa shape index (κ2) is 4.86. The molecule has 0 aromatic carbocycles. The van der Waals surface area contributed by atoms with Crippen LogP contribution >= 0.6 is 0 Å². The number of hydrogen-bond acceptors (Lipinski definition) is 7. The molecule has 1 aromatic rings. The summed E-state index contributed by atoms with van der Waals surface area (Å²) in [4.78, 5) is 21.2. The zero-order chi connectivity index (χ0) is 13.9. The third-order valence-corrected chi connectivity index (χ3v) is 1.57. The number of aromatic hydroxyl groups is 1. The molecule has 1 heterocycles. The largest absolute Gasteiger partial charge is 0.494 e. The van der Waals surface area contributed by atoms with Crippen LogP contribution in [0.1, 0.15) is 0 Å². The van der Waals surface area contributed by atoms with Gasteiger partial charge in [0.25, 0.3) is 0 Å². The highest BCUT2D eigenvalue weighted by Crippen LogP contribution is 2.06. The fourth-order valence-corrected chi connectivity index (χ4v) is 1.05. The molecule has 1 rings (SSSR count). The van der Waals surface area contributed by atoms with Gasteiger partial charge < -0.3 is 21.7 Å². The van der Waals surface area contributed by atoms with Gasteiger partial charge in [0, 0.05) is 0 Å². The highest BCUT2D eigenvalue weighted by Gasteiger charge is 2.11. The molecular weight excluding hydrogens is 242 g/mol. The van der Waals surface area contributed by atoms with E-state index in [-0.39, 0.29) is 17.4 Å². The highest BCUT2D eigenvalue weighted by molar-refractivity contribution is 5.86. The molecule has 96 valence electrons. The minimum atomic E-state index is -0.947. The number of primary amides is 1. The van der Waals surface area contributed by atoms with Gasteiger partial charge in [0.2, 0.25) is 17.4 Å². The second-order valence-electron chi connectivity index (χ2n) is 2.99. The van der Waals surface area contributed by atoms with Crippen molar-refractivity contribution in [3.05, 3.63) is 24.7 Å². The number of carbonyl (C=O) groups excluding carboxylic acids is 1. The van der Waals surface area contributed by atoms with Crippen molar-refractivity contribution in [2.75, 3.05) is 5.32 Å². The van der Waals surface area contributed by atoms with Crippen LogP contribution in [0, 0.1) is 0 Å². The third-order valence-electron chi connectivity index (χ3n) is 1.57. The molecule has 0 radical (unpaired) electrons. The molecule has 0 bridgehead atoms. The predicted octanol–water partition coefficient (Wildman–Crippen LogP) is -1.21. The van der Waals surface area contributed by atoms with Crippen LogP contribution in [0.25, 0.3) is 5.82 Å². The van der Waals surface area contributed by atoms with Gasteiger partial charge in [-0.3, -0.25) is 5.32 Å². The number of nitrogens with two attached hydrogens (primary N) is 2. The normalized spacial score (nSPS) is 11.0. The van der Waals surface area contributed by atoms with E-state index in [0.717, 1.165) is 4.57 Å². The van der Waals surface area contributed by atoms with E-state index in [0.29, 0.717) is 0 Å². The first-order valence-corrected chi connectivity index (χ1v) is 4.45. The molecule has 10 nitrogen and oxygen atoms in total. The molecule has 18 heavy (non-hydrogen) atoms. The molecule has 0 atom stereocenters. The van der Waals surface area contributed by atoms with Crippen LogP contribution < -0.4 is 22.4 Å². The Balaban J connectivity index is 3.61. The summed E-state index contributed by atoms with van der Waals surface area (Å²) < 4.78 is 0.950. The quantitative estimate of drug-likeness (QED) is 0.424. The van der Waals surface area contributed by atoms with Gasteiger partial charge in [-0.05, 0) is 6.58 Å². The standard InChI is InChI=1S/C8H11N7O3/c1-3(9)15-6(11-4(2)16)13-8(18)14-7(15)12-5(10)17/h16H,1-2,9H2,(H4,10,11,12,13,14,17,18). The molecule has 10 heteroatoms. The highest BCUT2D eigenvalue weighted by atomic mass is 16.3. The smallest absolute Gasteiger partial charge is 0.320 e.